The Morgan fingerprint density at radius 2 is 1.77 bits per heavy atom. The van der Waals surface area contributed by atoms with Gasteiger partial charge >= 0.3 is 0 Å². The highest BCUT2D eigenvalue weighted by Gasteiger charge is 2.17. The van der Waals surface area contributed by atoms with Gasteiger partial charge in [0, 0.05) is 15.5 Å². The predicted octanol–water partition coefficient (Wildman–Crippen LogP) is 5.72. The molecule has 1 N–H and O–H groups in total. The van der Waals surface area contributed by atoms with E-state index in [-0.39, 0.29) is 5.91 Å². The summed E-state index contributed by atoms with van der Waals surface area (Å²) in [4.78, 5) is 14.3. The molecule has 0 bridgehead atoms. The highest BCUT2D eigenvalue weighted by Crippen LogP contribution is 2.31. The SMILES string of the molecule is Cc1ccc(NC(=O)c2cc3c(C)nn(-c4ccc(Br)cc4)c3s2)cc1. The summed E-state index contributed by atoms with van der Waals surface area (Å²) in [6.45, 7) is 3.99. The maximum atomic E-state index is 12.6. The first-order chi connectivity index (χ1) is 12.5. The highest BCUT2D eigenvalue weighted by molar-refractivity contribution is 9.10. The van der Waals surface area contributed by atoms with E-state index in [1.807, 2.05) is 73.1 Å². The zero-order valence-electron chi connectivity index (χ0n) is 14.3. The molecule has 0 aliphatic rings. The molecule has 0 aliphatic heterocycles. The lowest BCUT2D eigenvalue weighted by Gasteiger charge is -2.04. The van der Waals surface area contributed by atoms with Crippen LogP contribution >= 0.6 is 27.3 Å². The third-order valence-corrected chi connectivity index (χ3v) is 5.79. The Balaban J connectivity index is 1.69. The number of anilines is 1. The molecule has 0 atom stereocenters. The van der Waals surface area contributed by atoms with Crippen LogP contribution in [0.25, 0.3) is 15.9 Å². The molecule has 0 saturated carbocycles. The molecule has 26 heavy (non-hydrogen) atoms. The van der Waals surface area contributed by atoms with E-state index in [4.69, 9.17) is 0 Å². The van der Waals surface area contributed by atoms with Crippen LogP contribution in [0.5, 0.6) is 0 Å². The molecule has 4 nitrogen and oxygen atoms in total. The zero-order valence-corrected chi connectivity index (χ0v) is 16.7. The summed E-state index contributed by atoms with van der Waals surface area (Å²) in [6.07, 6.45) is 0. The van der Waals surface area contributed by atoms with Crippen molar-refractivity contribution in [2.45, 2.75) is 13.8 Å². The molecule has 2 heterocycles. The van der Waals surface area contributed by atoms with Crippen molar-refractivity contribution in [2.75, 3.05) is 5.32 Å². The van der Waals surface area contributed by atoms with Crippen LogP contribution < -0.4 is 5.32 Å². The third-order valence-electron chi connectivity index (χ3n) is 4.15. The second-order valence-corrected chi connectivity index (χ2v) is 8.07. The topological polar surface area (TPSA) is 46.9 Å². The molecule has 6 heteroatoms. The summed E-state index contributed by atoms with van der Waals surface area (Å²) in [5, 5.41) is 8.59. The lowest BCUT2D eigenvalue weighted by Crippen LogP contribution is -2.10. The van der Waals surface area contributed by atoms with Gasteiger partial charge in [0.25, 0.3) is 5.91 Å². The Labute approximate surface area is 163 Å². The first-order valence-electron chi connectivity index (χ1n) is 8.14. The van der Waals surface area contributed by atoms with Gasteiger partial charge in [0.1, 0.15) is 4.83 Å². The standard InChI is InChI=1S/C20H16BrN3OS/c1-12-3-7-15(8-4-12)22-19(25)18-11-17-13(2)23-24(20(17)26-18)16-9-5-14(21)6-10-16/h3-11H,1-2H3,(H,22,25). The number of hydrogen-bond donors (Lipinski definition) is 1. The lowest BCUT2D eigenvalue weighted by atomic mass is 10.2. The molecule has 4 rings (SSSR count). The summed E-state index contributed by atoms with van der Waals surface area (Å²) < 4.78 is 2.91. The number of nitrogens with one attached hydrogen (secondary N) is 1. The van der Waals surface area contributed by atoms with Crippen molar-refractivity contribution in [3.8, 4) is 5.69 Å². The molecule has 0 aliphatic carbocycles. The molecular formula is C20H16BrN3OS. The molecule has 0 unspecified atom stereocenters. The zero-order chi connectivity index (χ0) is 18.3. The smallest absolute Gasteiger partial charge is 0.265 e. The molecule has 0 spiro atoms. The molecule has 2 aromatic carbocycles. The molecule has 130 valence electrons. The van der Waals surface area contributed by atoms with E-state index in [9.17, 15) is 4.79 Å². The summed E-state index contributed by atoms with van der Waals surface area (Å²) >= 11 is 4.90. The van der Waals surface area contributed by atoms with Crippen molar-refractivity contribution in [3.05, 3.63) is 75.2 Å². The molecule has 2 aromatic heterocycles. The van der Waals surface area contributed by atoms with Gasteiger partial charge < -0.3 is 5.32 Å². The van der Waals surface area contributed by atoms with Gasteiger partial charge in [0.2, 0.25) is 0 Å². The Morgan fingerprint density at radius 3 is 2.46 bits per heavy atom. The largest absolute Gasteiger partial charge is 0.321 e. The minimum atomic E-state index is -0.100. The quantitative estimate of drug-likeness (QED) is 0.456. The Morgan fingerprint density at radius 1 is 1.08 bits per heavy atom. The summed E-state index contributed by atoms with van der Waals surface area (Å²) in [5.74, 6) is -0.100. The van der Waals surface area contributed by atoms with Crippen LogP contribution in [0.4, 0.5) is 5.69 Å². The number of aromatic nitrogens is 2. The van der Waals surface area contributed by atoms with Crippen LogP contribution in [-0.2, 0) is 0 Å². The number of benzene rings is 2. The van der Waals surface area contributed by atoms with E-state index in [1.54, 1.807) is 0 Å². The molecule has 0 fully saturated rings. The fourth-order valence-electron chi connectivity index (χ4n) is 2.75. The fourth-order valence-corrected chi connectivity index (χ4v) is 4.09. The first-order valence-corrected chi connectivity index (χ1v) is 9.75. The molecule has 0 radical (unpaired) electrons. The van der Waals surface area contributed by atoms with E-state index in [1.165, 1.54) is 11.3 Å². The minimum absolute atomic E-state index is 0.100. The van der Waals surface area contributed by atoms with Gasteiger partial charge in [-0.2, -0.15) is 5.10 Å². The van der Waals surface area contributed by atoms with E-state index >= 15 is 0 Å². The van der Waals surface area contributed by atoms with Crippen molar-refractivity contribution in [1.82, 2.24) is 9.78 Å². The minimum Gasteiger partial charge on any atom is -0.321 e. The number of aryl methyl sites for hydroxylation is 2. The molecular weight excluding hydrogens is 410 g/mol. The number of fused-ring (bicyclic) bond motifs is 1. The van der Waals surface area contributed by atoms with Crippen molar-refractivity contribution in [2.24, 2.45) is 0 Å². The van der Waals surface area contributed by atoms with Gasteiger partial charge in [-0.1, -0.05) is 33.6 Å². The van der Waals surface area contributed by atoms with Crippen LogP contribution in [0.1, 0.15) is 20.9 Å². The number of halogens is 1. The van der Waals surface area contributed by atoms with E-state index < -0.39 is 0 Å². The highest BCUT2D eigenvalue weighted by atomic mass is 79.9. The second-order valence-electron chi connectivity index (χ2n) is 6.12. The van der Waals surface area contributed by atoms with Crippen molar-refractivity contribution >= 4 is 49.1 Å². The average Bonchev–Trinajstić information content (AvgIpc) is 3.19. The van der Waals surface area contributed by atoms with Crippen LogP contribution in [0, 0.1) is 13.8 Å². The molecule has 4 aromatic rings. The van der Waals surface area contributed by atoms with E-state index in [2.05, 4.69) is 26.3 Å². The van der Waals surface area contributed by atoms with E-state index in [0.717, 1.165) is 37.3 Å². The summed E-state index contributed by atoms with van der Waals surface area (Å²) in [7, 11) is 0. The first kappa shape index (κ1) is 17.0. The van der Waals surface area contributed by atoms with Crippen molar-refractivity contribution in [1.29, 1.82) is 0 Å². The van der Waals surface area contributed by atoms with Crippen molar-refractivity contribution in [3.63, 3.8) is 0 Å². The Kier molecular flexibility index (Phi) is 4.38. The predicted molar refractivity (Wildman–Crippen MR) is 111 cm³/mol. The third kappa shape index (κ3) is 3.18. The number of carbonyl (C=O) groups excluding carboxylic acids is 1. The van der Waals surface area contributed by atoms with E-state index in [0.29, 0.717) is 4.88 Å². The van der Waals surface area contributed by atoms with Crippen LogP contribution in [0.15, 0.2) is 59.1 Å². The van der Waals surface area contributed by atoms with Gasteiger partial charge in [-0.25, -0.2) is 4.68 Å². The van der Waals surface area contributed by atoms with Gasteiger partial charge in [-0.05, 0) is 56.3 Å². The molecule has 1 amide bonds. The average molecular weight is 426 g/mol. The summed E-state index contributed by atoms with van der Waals surface area (Å²) in [5.41, 5.74) is 3.84. The maximum Gasteiger partial charge on any atom is 0.265 e. The number of rotatable bonds is 3. The number of nitrogens with zero attached hydrogens (tertiary/aromatic N) is 2. The van der Waals surface area contributed by atoms with Crippen LogP contribution in [0.2, 0.25) is 0 Å². The van der Waals surface area contributed by atoms with Crippen molar-refractivity contribution < 1.29 is 4.79 Å². The Hall–Kier alpha value is -2.44. The molecule has 0 saturated heterocycles. The second kappa shape index (κ2) is 6.70. The van der Waals surface area contributed by atoms with Gasteiger partial charge in [0.05, 0.1) is 16.3 Å². The number of thiophene rings is 1. The van der Waals surface area contributed by atoms with Crippen LogP contribution in [-0.4, -0.2) is 15.7 Å². The summed E-state index contributed by atoms with van der Waals surface area (Å²) in [6, 6.07) is 17.7. The van der Waals surface area contributed by atoms with Gasteiger partial charge in [0.15, 0.2) is 0 Å². The van der Waals surface area contributed by atoms with Gasteiger partial charge in [-0.3, -0.25) is 4.79 Å². The maximum absolute atomic E-state index is 12.6. The fraction of sp³-hybridized carbons (Fsp3) is 0.100. The number of carbonyl (C=O) groups is 1. The lowest BCUT2D eigenvalue weighted by molar-refractivity contribution is 0.103. The Bertz CT molecular complexity index is 1090. The number of hydrogen-bond acceptors (Lipinski definition) is 3. The monoisotopic (exact) mass is 425 g/mol. The number of amides is 1. The van der Waals surface area contributed by atoms with Gasteiger partial charge in [-0.15, -0.1) is 11.3 Å². The van der Waals surface area contributed by atoms with Crippen LogP contribution in [0.3, 0.4) is 0 Å². The normalized spacial score (nSPS) is 11.0.